The average Bonchev–Trinajstić information content (AvgIpc) is 2.83. The largest absolute Gasteiger partial charge is 0.338 e. The summed E-state index contributed by atoms with van der Waals surface area (Å²) in [6.07, 6.45) is 3.56. The summed E-state index contributed by atoms with van der Waals surface area (Å²) in [6.45, 7) is 0. The van der Waals surface area contributed by atoms with Crippen molar-refractivity contribution in [1.29, 1.82) is 0 Å². The SMILES string of the molecule is Cn1cnc2c(Nc3ccc(CCl)cc3)nccc21. The van der Waals surface area contributed by atoms with Crippen molar-refractivity contribution in [2.45, 2.75) is 5.88 Å². The van der Waals surface area contributed by atoms with Gasteiger partial charge in [-0.1, -0.05) is 12.1 Å². The molecule has 0 bridgehead atoms. The van der Waals surface area contributed by atoms with E-state index in [1.165, 1.54) is 0 Å². The number of alkyl halides is 1. The Morgan fingerprint density at radius 2 is 1.95 bits per heavy atom. The summed E-state index contributed by atoms with van der Waals surface area (Å²) in [7, 11) is 1.97. The lowest BCUT2D eigenvalue weighted by molar-refractivity contribution is 0.947. The third kappa shape index (κ3) is 2.27. The summed E-state index contributed by atoms with van der Waals surface area (Å²) in [4.78, 5) is 8.71. The molecule has 0 aliphatic rings. The first kappa shape index (κ1) is 12.0. The van der Waals surface area contributed by atoms with Crippen LogP contribution in [0.5, 0.6) is 0 Å². The summed E-state index contributed by atoms with van der Waals surface area (Å²) in [5.74, 6) is 1.28. The molecule has 0 saturated carbocycles. The third-order valence-corrected chi connectivity index (χ3v) is 3.32. The van der Waals surface area contributed by atoms with Crippen LogP contribution in [0.4, 0.5) is 11.5 Å². The summed E-state index contributed by atoms with van der Waals surface area (Å²) in [5, 5.41) is 3.28. The van der Waals surface area contributed by atoms with Crippen molar-refractivity contribution in [3.63, 3.8) is 0 Å². The number of aryl methyl sites for hydroxylation is 1. The monoisotopic (exact) mass is 272 g/mol. The molecule has 0 radical (unpaired) electrons. The fourth-order valence-electron chi connectivity index (χ4n) is 1.97. The first-order valence-corrected chi connectivity index (χ1v) is 6.49. The van der Waals surface area contributed by atoms with E-state index in [0.29, 0.717) is 5.88 Å². The fourth-order valence-corrected chi connectivity index (χ4v) is 2.15. The number of nitrogens with zero attached hydrogens (tertiary/aromatic N) is 3. The van der Waals surface area contributed by atoms with E-state index >= 15 is 0 Å². The molecule has 1 aromatic carbocycles. The molecule has 0 amide bonds. The number of benzene rings is 1. The topological polar surface area (TPSA) is 42.7 Å². The summed E-state index contributed by atoms with van der Waals surface area (Å²) >= 11 is 5.77. The van der Waals surface area contributed by atoms with E-state index in [9.17, 15) is 0 Å². The normalized spacial score (nSPS) is 10.8. The van der Waals surface area contributed by atoms with E-state index in [-0.39, 0.29) is 0 Å². The van der Waals surface area contributed by atoms with Gasteiger partial charge in [-0.3, -0.25) is 0 Å². The highest BCUT2D eigenvalue weighted by Gasteiger charge is 2.06. The quantitative estimate of drug-likeness (QED) is 0.743. The summed E-state index contributed by atoms with van der Waals surface area (Å²) in [5.41, 5.74) is 3.98. The van der Waals surface area contributed by atoms with Gasteiger partial charge in [0.05, 0.1) is 11.8 Å². The van der Waals surface area contributed by atoms with E-state index in [2.05, 4.69) is 15.3 Å². The molecule has 4 nitrogen and oxygen atoms in total. The minimum atomic E-state index is 0.522. The molecule has 0 aliphatic carbocycles. The van der Waals surface area contributed by atoms with E-state index in [1.54, 1.807) is 12.5 Å². The molecule has 0 spiro atoms. The Morgan fingerprint density at radius 1 is 1.16 bits per heavy atom. The van der Waals surface area contributed by atoms with Crippen molar-refractivity contribution in [2.24, 2.45) is 7.05 Å². The highest BCUT2D eigenvalue weighted by molar-refractivity contribution is 6.17. The smallest absolute Gasteiger partial charge is 0.158 e. The molecule has 0 aliphatic heterocycles. The number of halogens is 1. The van der Waals surface area contributed by atoms with Gasteiger partial charge >= 0.3 is 0 Å². The van der Waals surface area contributed by atoms with Crippen LogP contribution in [-0.2, 0) is 12.9 Å². The van der Waals surface area contributed by atoms with Gasteiger partial charge in [0.1, 0.15) is 5.52 Å². The number of anilines is 2. The van der Waals surface area contributed by atoms with Crippen molar-refractivity contribution in [3.05, 3.63) is 48.4 Å². The lowest BCUT2D eigenvalue weighted by Crippen LogP contribution is -1.95. The van der Waals surface area contributed by atoms with Gasteiger partial charge in [-0.15, -0.1) is 11.6 Å². The van der Waals surface area contributed by atoms with Crippen LogP contribution in [0.15, 0.2) is 42.9 Å². The van der Waals surface area contributed by atoms with Crippen molar-refractivity contribution in [3.8, 4) is 0 Å². The summed E-state index contributed by atoms with van der Waals surface area (Å²) < 4.78 is 1.97. The van der Waals surface area contributed by atoms with E-state index in [4.69, 9.17) is 11.6 Å². The lowest BCUT2D eigenvalue weighted by Gasteiger charge is -2.06. The first-order valence-electron chi connectivity index (χ1n) is 5.96. The van der Waals surface area contributed by atoms with Gasteiger partial charge < -0.3 is 9.88 Å². The van der Waals surface area contributed by atoms with Crippen molar-refractivity contribution in [1.82, 2.24) is 14.5 Å². The Bertz CT molecular complexity index is 703. The zero-order chi connectivity index (χ0) is 13.2. The van der Waals surface area contributed by atoms with Gasteiger partial charge in [-0.05, 0) is 23.8 Å². The van der Waals surface area contributed by atoms with Crippen LogP contribution < -0.4 is 5.32 Å². The lowest BCUT2D eigenvalue weighted by atomic mass is 10.2. The second kappa shape index (κ2) is 4.90. The maximum absolute atomic E-state index is 5.77. The van der Waals surface area contributed by atoms with Gasteiger partial charge in [0.25, 0.3) is 0 Å². The number of aromatic nitrogens is 3. The predicted octanol–water partition coefficient (Wildman–Crippen LogP) is 3.45. The zero-order valence-electron chi connectivity index (χ0n) is 10.5. The Labute approximate surface area is 116 Å². The predicted molar refractivity (Wildman–Crippen MR) is 77.8 cm³/mol. The molecule has 2 aromatic heterocycles. The second-order valence-electron chi connectivity index (χ2n) is 4.34. The second-order valence-corrected chi connectivity index (χ2v) is 4.61. The molecule has 3 rings (SSSR count). The minimum absolute atomic E-state index is 0.522. The van der Waals surface area contributed by atoms with Crippen molar-refractivity contribution in [2.75, 3.05) is 5.32 Å². The molecular formula is C14H13ClN4. The Balaban J connectivity index is 1.96. The maximum Gasteiger partial charge on any atom is 0.158 e. The van der Waals surface area contributed by atoms with Crippen LogP contribution in [-0.4, -0.2) is 14.5 Å². The average molecular weight is 273 g/mol. The molecule has 0 fully saturated rings. The molecule has 19 heavy (non-hydrogen) atoms. The molecule has 3 aromatic rings. The van der Waals surface area contributed by atoms with E-state index in [1.807, 2.05) is 41.9 Å². The van der Waals surface area contributed by atoms with Crippen molar-refractivity contribution < 1.29 is 0 Å². The molecule has 5 heteroatoms. The highest BCUT2D eigenvalue weighted by atomic mass is 35.5. The number of fused-ring (bicyclic) bond motifs is 1. The first-order chi connectivity index (χ1) is 9.28. The van der Waals surface area contributed by atoms with Gasteiger partial charge in [0.2, 0.25) is 0 Å². The zero-order valence-corrected chi connectivity index (χ0v) is 11.2. The molecular weight excluding hydrogens is 260 g/mol. The Kier molecular flexibility index (Phi) is 3.09. The minimum Gasteiger partial charge on any atom is -0.338 e. The molecule has 2 heterocycles. The van der Waals surface area contributed by atoms with Crippen LogP contribution >= 0.6 is 11.6 Å². The van der Waals surface area contributed by atoms with Crippen LogP contribution in [0.1, 0.15) is 5.56 Å². The number of nitrogens with one attached hydrogen (secondary N) is 1. The van der Waals surface area contributed by atoms with Gasteiger partial charge in [-0.2, -0.15) is 0 Å². The van der Waals surface area contributed by atoms with Crippen molar-refractivity contribution >= 4 is 34.1 Å². The highest BCUT2D eigenvalue weighted by Crippen LogP contribution is 2.22. The number of hydrogen-bond donors (Lipinski definition) is 1. The standard InChI is InChI=1S/C14H13ClN4/c1-19-9-17-13-12(19)6-7-16-14(13)18-11-4-2-10(8-15)3-5-11/h2-7,9H,8H2,1H3,(H,16,18). The van der Waals surface area contributed by atoms with Crippen LogP contribution in [0.25, 0.3) is 11.0 Å². The molecule has 96 valence electrons. The number of imidazole rings is 1. The Morgan fingerprint density at radius 3 is 2.68 bits per heavy atom. The maximum atomic E-state index is 5.77. The van der Waals surface area contributed by atoms with Crippen LogP contribution in [0.3, 0.4) is 0 Å². The van der Waals surface area contributed by atoms with E-state index < -0.39 is 0 Å². The number of rotatable bonds is 3. The van der Waals surface area contributed by atoms with Crippen LogP contribution in [0.2, 0.25) is 0 Å². The van der Waals surface area contributed by atoms with Gasteiger partial charge in [0.15, 0.2) is 5.82 Å². The van der Waals surface area contributed by atoms with E-state index in [0.717, 1.165) is 28.1 Å². The molecule has 0 saturated heterocycles. The Hall–Kier alpha value is -2.07. The van der Waals surface area contributed by atoms with Crippen LogP contribution in [0, 0.1) is 0 Å². The van der Waals surface area contributed by atoms with Gasteiger partial charge in [-0.25, -0.2) is 9.97 Å². The molecule has 0 unspecified atom stereocenters. The molecule has 0 atom stereocenters. The summed E-state index contributed by atoms with van der Waals surface area (Å²) in [6, 6.07) is 9.91. The third-order valence-electron chi connectivity index (χ3n) is 3.01. The van der Waals surface area contributed by atoms with Gasteiger partial charge in [0, 0.05) is 24.8 Å². The number of hydrogen-bond acceptors (Lipinski definition) is 3. The number of pyridine rings is 1. The molecule has 1 N–H and O–H groups in total. The fraction of sp³-hybridized carbons (Fsp3) is 0.143.